The van der Waals surface area contributed by atoms with E-state index < -0.39 is 0 Å². The van der Waals surface area contributed by atoms with Crippen LogP contribution in [0, 0.1) is 0 Å². The average Bonchev–Trinajstić information content (AvgIpc) is 3.32. The standard InChI is InChI=1S/C22H22N4S/c1-2-4-17(5-3-1)18-6-8-19(9-7-18)21-20(16-25-12-10-23-11-13-25)26-14-15-27-22(26)24-21/h1-9,14-15,23H,10-13,16H2. The molecule has 0 bridgehead atoms. The first-order chi connectivity index (χ1) is 13.4. The summed E-state index contributed by atoms with van der Waals surface area (Å²) in [4.78, 5) is 8.53. The molecule has 2 aromatic carbocycles. The smallest absolute Gasteiger partial charge is 0.194 e. The van der Waals surface area contributed by atoms with Crippen molar-refractivity contribution in [1.82, 2.24) is 19.6 Å². The lowest BCUT2D eigenvalue weighted by atomic mass is 10.0. The van der Waals surface area contributed by atoms with Crippen molar-refractivity contribution >= 4 is 16.3 Å². The number of piperazine rings is 1. The molecule has 0 atom stereocenters. The molecule has 5 rings (SSSR count). The molecule has 4 nitrogen and oxygen atoms in total. The quantitative estimate of drug-likeness (QED) is 0.583. The highest BCUT2D eigenvalue weighted by Gasteiger charge is 2.19. The van der Waals surface area contributed by atoms with Gasteiger partial charge in [-0.15, -0.1) is 11.3 Å². The summed E-state index contributed by atoms with van der Waals surface area (Å²) in [6.07, 6.45) is 2.15. The van der Waals surface area contributed by atoms with Crippen molar-refractivity contribution in [3.8, 4) is 22.4 Å². The van der Waals surface area contributed by atoms with Crippen LogP contribution in [0.1, 0.15) is 5.69 Å². The van der Waals surface area contributed by atoms with Crippen LogP contribution in [0.2, 0.25) is 0 Å². The minimum absolute atomic E-state index is 0.940. The summed E-state index contributed by atoms with van der Waals surface area (Å²) in [5.41, 5.74) is 6.08. The van der Waals surface area contributed by atoms with E-state index in [0.29, 0.717) is 0 Å². The predicted octanol–water partition coefficient (Wildman–Crippen LogP) is 4.14. The van der Waals surface area contributed by atoms with Crippen molar-refractivity contribution in [2.24, 2.45) is 0 Å². The number of imidazole rings is 1. The molecule has 0 saturated carbocycles. The lowest BCUT2D eigenvalue weighted by Gasteiger charge is -2.27. The van der Waals surface area contributed by atoms with Gasteiger partial charge in [-0.2, -0.15) is 0 Å². The van der Waals surface area contributed by atoms with E-state index in [1.54, 1.807) is 11.3 Å². The Morgan fingerprint density at radius 2 is 1.59 bits per heavy atom. The van der Waals surface area contributed by atoms with Crippen LogP contribution < -0.4 is 5.32 Å². The third-order valence-corrected chi connectivity index (χ3v) is 5.97. The summed E-state index contributed by atoms with van der Waals surface area (Å²) >= 11 is 1.70. The fraction of sp³-hybridized carbons (Fsp3) is 0.227. The van der Waals surface area contributed by atoms with E-state index in [1.165, 1.54) is 22.4 Å². The van der Waals surface area contributed by atoms with Crippen LogP contribution in [0.4, 0.5) is 0 Å². The number of hydrogen-bond donors (Lipinski definition) is 1. The van der Waals surface area contributed by atoms with E-state index in [0.717, 1.165) is 43.4 Å². The fourth-order valence-electron chi connectivity index (χ4n) is 3.75. The minimum Gasteiger partial charge on any atom is -0.314 e. The lowest BCUT2D eigenvalue weighted by molar-refractivity contribution is 0.230. The highest BCUT2D eigenvalue weighted by atomic mass is 32.1. The molecule has 0 unspecified atom stereocenters. The van der Waals surface area contributed by atoms with Gasteiger partial charge in [-0.05, 0) is 11.1 Å². The molecule has 0 spiro atoms. The van der Waals surface area contributed by atoms with Gasteiger partial charge in [-0.1, -0.05) is 54.6 Å². The Morgan fingerprint density at radius 1 is 0.889 bits per heavy atom. The Hall–Kier alpha value is -2.47. The Labute approximate surface area is 163 Å². The van der Waals surface area contributed by atoms with Crippen molar-refractivity contribution in [3.63, 3.8) is 0 Å². The topological polar surface area (TPSA) is 32.6 Å². The number of nitrogens with zero attached hydrogens (tertiary/aromatic N) is 3. The monoisotopic (exact) mass is 374 g/mol. The van der Waals surface area contributed by atoms with Crippen LogP contribution in [0.5, 0.6) is 0 Å². The maximum absolute atomic E-state index is 4.95. The third-order valence-electron chi connectivity index (χ3n) is 5.21. The minimum atomic E-state index is 0.940. The Balaban J connectivity index is 1.50. The van der Waals surface area contributed by atoms with Gasteiger partial charge in [0.15, 0.2) is 4.96 Å². The Kier molecular flexibility index (Phi) is 4.49. The van der Waals surface area contributed by atoms with Crippen LogP contribution in [0.25, 0.3) is 27.3 Å². The van der Waals surface area contributed by atoms with Crippen molar-refractivity contribution < 1.29 is 0 Å². The first-order valence-corrected chi connectivity index (χ1v) is 10.3. The zero-order chi connectivity index (χ0) is 18.1. The molecular formula is C22H22N4S. The van der Waals surface area contributed by atoms with Gasteiger partial charge in [-0.3, -0.25) is 9.30 Å². The number of benzene rings is 2. The largest absolute Gasteiger partial charge is 0.314 e. The number of rotatable bonds is 4. The molecule has 4 aromatic rings. The number of hydrogen-bond acceptors (Lipinski definition) is 4. The summed E-state index contributed by atoms with van der Waals surface area (Å²) in [7, 11) is 0. The van der Waals surface area contributed by atoms with E-state index >= 15 is 0 Å². The summed E-state index contributed by atoms with van der Waals surface area (Å²) in [6, 6.07) is 19.3. The molecule has 1 N–H and O–H groups in total. The molecule has 1 aliphatic heterocycles. The Bertz CT molecular complexity index is 1030. The van der Waals surface area contributed by atoms with Crippen molar-refractivity contribution in [2.45, 2.75) is 6.54 Å². The molecule has 27 heavy (non-hydrogen) atoms. The second kappa shape index (κ2) is 7.27. The normalized spacial score (nSPS) is 15.4. The van der Waals surface area contributed by atoms with E-state index in [1.807, 2.05) is 0 Å². The van der Waals surface area contributed by atoms with E-state index in [2.05, 4.69) is 80.8 Å². The molecule has 0 aliphatic carbocycles. The molecule has 1 fully saturated rings. The molecule has 0 radical (unpaired) electrons. The van der Waals surface area contributed by atoms with Crippen LogP contribution >= 0.6 is 11.3 Å². The highest BCUT2D eigenvalue weighted by Crippen LogP contribution is 2.30. The summed E-state index contributed by atoms with van der Waals surface area (Å²) in [6.45, 7) is 5.24. The van der Waals surface area contributed by atoms with E-state index in [4.69, 9.17) is 4.98 Å². The second-order valence-corrected chi connectivity index (χ2v) is 7.81. The lowest BCUT2D eigenvalue weighted by Crippen LogP contribution is -2.43. The summed E-state index contributed by atoms with van der Waals surface area (Å²) < 4.78 is 2.26. The van der Waals surface area contributed by atoms with E-state index in [-0.39, 0.29) is 0 Å². The number of thiazole rings is 1. The molecule has 5 heteroatoms. The van der Waals surface area contributed by atoms with Gasteiger partial charge in [0.05, 0.1) is 11.4 Å². The third kappa shape index (κ3) is 3.30. The number of nitrogens with one attached hydrogen (secondary N) is 1. The zero-order valence-electron chi connectivity index (χ0n) is 15.1. The molecule has 2 aromatic heterocycles. The van der Waals surface area contributed by atoms with Crippen LogP contribution in [-0.4, -0.2) is 40.5 Å². The van der Waals surface area contributed by atoms with Gasteiger partial charge in [0.2, 0.25) is 0 Å². The molecule has 0 amide bonds. The number of aromatic nitrogens is 2. The number of fused-ring (bicyclic) bond motifs is 1. The average molecular weight is 375 g/mol. The predicted molar refractivity (Wildman–Crippen MR) is 112 cm³/mol. The van der Waals surface area contributed by atoms with Gasteiger partial charge < -0.3 is 5.32 Å². The molecule has 1 saturated heterocycles. The first-order valence-electron chi connectivity index (χ1n) is 9.42. The van der Waals surface area contributed by atoms with Crippen molar-refractivity contribution in [2.75, 3.05) is 26.2 Å². The van der Waals surface area contributed by atoms with Gasteiger partial charge in [0, 0.05) is 49.9 Å². The molecule has 136 valence electrons. The van der Waals surface area contributed by atoms with Gasteiger partial charge in [-0.25, -0.2) is 4.98 Å². The van der Waals surface area contributed by atoms with Crippen LogP contribution in [0.3, 0.4) is 0 Å². The van der Waals surface area contributed by atoms with Crippen LogP contribution in [0.15, 0.2) is 66.2 Å². The molecule has 3 heterocycles. The summed E-state index contributed by atoms with van der Waals surface area (Å²) in [5.74, 6) is 0. The highest BCUT2D eigenvalue weighted by molar-refractivity contribution is 7.15. The molecule has 1 aliphatic rings. The van der Waals surface area contributed by atoms with Gasteiger partial charge in [0.25, 0.3) is 0 Å². The Morgan fingerprint density at radius 3 is 2.37 bits per heavy atom. The molecular weight excluding hydrogens is 352 g/mol. The fourth-order valence-corrected chi connectivity index (χ4v) is 4.48. The van der Waals surface area contributed by atoms with Crippen molar-refractivity contribution in [1.29, 1.82) is 0 Å². The van der Waals surface area contributed by atoms with E-state index in [9.17, 15) is 0 Å². The maximum Gasteiger partial charge on any atom is 0.194 e. The van der Waals surface area contributed by atoms with Gasteiger partial charge in [0.1, 0.15) is 0 Å². The van der Waals surface area contributed by atoms with Gasteiger partial charge >= 0.3 is 0 Å². The van der Waals surface area contributed by atoms with Crippen LogP contribution in [-0.2, 0) is 6.54 Å². The van der Waals surface area contributed by atoms with Crippen molar-refractivity contribution in [3.05, 3.63) is 71.9 Å². The summed E-state index contributed by atoms with van der Waals surface area (Å²) in [5, 5.41) is 5.55. The first kappa shape index (κ1) is 16.7. The zero-order valence-corrected chi connectivity index (χ0v) is 16.0. The second-order valence-electron chi connectivity index (χ2n) is 6.93. The SMILES string of the molecule is c1ccc(-c2ccc(-c3nc4sccn4c3CN3CCNCC3)cc2)cc1. The maximum atomic E-state index is 4.95.